The molecule has 2 heteroatoms. The van der Waals surface area contributed by atoms with E-state index in [0.29, 0.717) is 13.0 Å². The van der Waals surface area contributed by atoms with Gasteiger partial charge in [0, 0.05) is 6.42 Å². The zero-order chi connectivity index (χ0) is 41.1. The fourth-order valence-electron chi connectivity index (χ4n) is 8.61. The van der Waals surface area contributed by atoms with Crippen molar-refractivity contribution in [3.8, 4) is 0 Å². The molecule has 0 radical (unpaired) electrons. The molecule has 0 aromatic carbocycles. The third-order valence-corrected chi connectivity index (χ3v) is 12.7. The largest absolute Gasteiger partial charge is 0.466 e. The van der Waals surface area contributed by atoms with Crippen molar-refractivity contribution in [3.05, 3.63) is 12.2 Å². The van der Waals surface area contributed by atoms with Gasteiger partial charge in [0.05, 0.1) is 6.61 Å². The Morgan fingerprint density at radius 2 is 0.491 bits per heavy atom. The number of hydrogen-bond donors (Lipinski definition) is 0. The third-order valence-electron chi connectivity index (χ3n) is 12.7. The molecule has 0 aliphatic rings. The minimum Gasteiger partial charge on any atom is -0.466 e. The standard InChI is InChI=1S/C55H108O2/c1-3-5-7-9-11-13-15-17-19-21-22-23-24-25-26-27-28-29-30-31-32-33-34-35-36-37-38-39-41-43-45-47-49-51-53-55(56)57-54-52-50-48-46-44-42-40-20-18-16-14-12-10-8-6-4-2/h18,20H,3-17,19,21-54H2,1-2H3/b20-18-. The summed E-state index contributed by atoms with van der Waals surface area (Å²) in [6.45, 7) is 5.22. The van der Waals surface area contributed by atoms with Gasteiger partial charge in [-0.25, -0.2) is 0 Å². The molecule has 0 amide bonds. The van der Waals surface area contributed by atoms with Gasteiger partial charge < -0.3 is 4.74 Å². The average Bonchev–Trinajstić information content (AvgIpc) is 3.22. The maximum absolute atomic E-state index is 12.0. The molecule has 0 aromatic heterocycles. The topological polar surface area (TPSA) is 26.3 Å². The van der Waals surface area contributed by atoms with Crippen LogP contribution in [0.1, 0.15) is 328 Å². The van der Waals surface area contributed by atoms with Gasteiger partial charge in [-0.3, -0.25) is 4.79 Å². The summed E-state index contributed by atoms with van der Waals surface area (Å²) in [7, 11) is 0. The summed E-state index contributed by atoms with van der Waals surface area (Å²) in [5.41, 5.74) is 0. The molecule has 0 aliphatic heterocycles. The maximum atomic E-state index is 12.0. The van der Waals surface area contributed by atoms with E-state index in [1.54, 1.807) is 0 Å². The molecule has 0 saturated carbocycles. The van der Waals surface area contributed by atoms with Crippen molar-refractivity contribution < 1.29 is 9.53 Å². The molecule has 340 valence electrons. The van der Waals surface area contributed by atoms with Gasteiger partial charge in [0.1, 0.15) is 0 Å². The van der Waals surface area contributed by atoms with E-state index in [9.17, 15) is 4.79 Å². The fourth-order valence-corrected chi connectivity index (χ4v) is 8.61. The van der Waals surface area contributed by atoms with Gasteiger partial charge in [0.25, 0.3) is 0 Å². The van der Waals surface area contributed by atoms with Gasteiger partial charge in [0.2, 0.25) is 0 Å². The Kier molecular flexibility index (Phi) is 52.5. The lowest BCUT2D eigenvalue weighted by Crippen LogP contribution is -2.05. The first kappa shape index (κ1) is 56.2. The van der Waals surface area contributed by atoms with Crippen LogP contribution in [0.25, 0.3) is 0 Å². The van der Waals surface area contributed by atoms with Crippen LogP contribution in [0.5, 0.6) is 0 Å². The first-order valence-electron chi connectivity index (χ1n) is 27.1. The van der Waals surface area contributed by atoms with Crippen molar-refractivity contribution in [2.75, 3.05) is 6.61 Å². The van der Waals surface area contributed by atoms with Gasteiger partial charge >= 0.3 is 5.97 Å². The molecule has 0 atom stereocenters. The van der Waals surface area contributed by atoms with Crippen LogP contribution in [0.2, 0.25) is 0 Å². The van der Waals surface area contributed by atoms with E-state index < -0.39 is 0 Å². The van der Waals surface area contributed by atoms with E-state index in [2.05, 4.69) is 26.0 Å². The molecule has 0 saturated heterocycles. The van der Waals surface area contributed by atoms with Crippen LogP contribution in [-0.2, 0) is 9.53 Å². The summed E-state index contributed by atoms with van der Waals surface area (Å²) < 4.78 is 5.48. The molecule has 0 fully saturated rings. The van der Waals surface area contributed by atoms with Crippen LogP contribution in [-0.4, -0.2) is 12.6 Å². The molecular weight excluding hydrogens is 693 g/mol. The van der Waals surface area contributed by atoms with Crippen molar-refractivity contribution in [2.45, 2.75) is 328 Å². The Morgan fingerprint density at radius 1 is 0.281 bits per heavy atom. The van der Waals surface area contributed by atoms with Crippen molar-refractivity contribution >= 4 is 5.97 Å². The molecule has 0 unspecified atom stereocenters. The van der Waals surface area contributed by atoms with E-state index in [1.807, 2.05) is 0 Å². The van der Waals surface area contributed by atoms with E-state index in [0.717, 1.165) is 12.8 Å². The monoisotopic (exact) mass is 801 g/mol. The van der Waals surface area contributed by atoms with Crippen LogP contribution in [0.15, 0.2) is 12.2 Å². The minimum absolute atomic E-state index is 0.0265. The number of ether oxygens (including phenoxy) is 1. The van der Waals surface area contributed by atoms with Crippen molar-refractivity contribution in [1.82, 2.24) is 0 Å². The van der Waals surface area contributed by atoms with E-state index >= 15 is 0 Å². The maximum Gasteiger partial charge on any atom is 0.305 e. The lowest BCUT2D eigenvalue weighted by molar-refractivity contribution is -0.143. The quantitative estimate of drug-likeness (QED) is 0.0348. The summed E-state index contributed by atoms with van der Waals surface area (Å²) in [6.07, 6.45) is 72.4. The second-order valence-electron chi connectivity index (χ2n) is 18.6. The minimum atomic E-state index is 0.0265. The molecule has 0 rings (SSSR count). The first-order valence-corrected chi connectivity index (χ1v) is 27.1. The second kappa shape index (κ2) is 53.2. The Balaban J connectivity index is 3.15. The summed E-state index contributed by atoms with van der Waals surface area (Å²) in [5.74, 6) is 0.0265. The van der Waals surface area contributed by atoms with Crippen LogP contribution in [0.4, 0.5) is 0 Å². The lowest BCUT2D eigenvalue weighted by Gasteiger charge is -2.06. The molecule has 0 aromatic rings. The highest BCUT2D eigenvalue weighted by atomic mass is 16.5. The molecular formula is C55H108O2. The molecule has 0 bridgehead atoms. The molecule has 0 aliphatic carbocycles. The summed E-state index contributed by atoms with van der Waals surface area (Å²) in [4.78, 5) is 12.0. The fraction of sp³-hybridized carbons (Fsp3) is 0.945. The number of carbonyl (C=O) groups is 1. The van der Waals surface area contributed by atoms with E-state index in [-0.39, 0.29) is 5.97 Å². The summed E-state index contributed by atoms with van der Waals surface area (Å²) in [5, 5.41) is 0. The van der Waals surface area contributed by atoms with Crippen molar-refractivity contribution in [3.63, 3.8) is 0 Å². The summed E-state index contributed by atoms with van der Waals surface area (Å²) >= 11 is 0. The highest BCUT2D eigenvalue weighted by Gasteiger charge is 2.03. The number of carbonyl (C=O) groups excluding carboxylic acids is 1. The van der Waals surface area contributed by atoms with E-state index in [4.69, 9.17) is 4.74 Å². The molecule has 0 N–H and O–H groups in total. The average molecular weight is 801 g/mol. The van der Waals surface area contributed by atoms with Gasteiger partial charge in [-0.2, -0.15) is 0 Å². The zero-order valence-corrected chi connectivity index (χ0v) is 39.8. The normalized spacial score (nSPS) is 11.7. The second-order valence-corrected chi connectivity index (χ2v) is 18.6. The van der Waals surface area contributed by atoms with Crippen molar-refractivity contribution in [1.29, 1.82) is 0 Å². The first-order chi connectivity index (χ1) is 28.3. The predicted molar refractivity (Wildman–Crippen MR) is 258 cm³/mol. The highest BCUT2D eigenvalue weighted by molar-refractivity contribution is 5.69. The number of esters is 1. The summed E-state index contributed by atoms with van der Waals surface area (Å²) in [6, 6.07) is 0. The Bertz CT molecular complexity index is 743. The van der Waals surface area contributed by atoms with Gasteiger partial charge in [-0.05, 0) is 38.5 Å². The highest BCUT2D eigenvalue weighted by Crippen LogP contribution is 2.18. The third kappa shape index (κ3) is 53.2. The van der Waals surface area contributed by atoms with Crippen molar-refractivity contribution in [2.24, 2.45) is 0 Å². The van der Waals surface area contributed by atoms with Gasteiger partial charge in [-0.1, -0.05) is 296 Å². The van der Waals surface area contributed by atoms with Crippen LogP contribution in [0.3, 0.4) is 0 Å². The zero-order valence-electron chi connectivity index (χ0n) is 39.8. The SMILES string of the molecule is CCCCCCCC/C=C\CCCCCCCCOC(=O)CCCCCCCCCCCCCCCCCCCCCCCCCCCCCCCCCCCC. The molecule has 57 heavy (non-hydrogen) atoms. The van der Waals surface area contributed by atoms with Crippen LogP contribution >= 0.6 is 0 Å². The Labute approximate surface area is 361 Å². The number of unbranched alkanes of at least 4 members (excludes halogenated alkanes) is 45. The lowest BCUT2D eigenvalue weighted by atomic mass is 10.0. The Hall–Kier alpha value is -0.790. The van der Waals surface area contributed by atoms with Gasteiger partial charge in [-0.15, -0.1) is 0 Å². The van der Waals surface area contributed by atoms with Crippen LogP contribution in [0, 0.1) is 0 Å². The smallest absolute Gasteiger partial charge is 0.305 e. The predicted octanol–water partition coefficient (Wildman–Crippen LogP) is 20.2. The number of allylic oxidation sites excluding steroid dienone is 2. The van der Waals surface area contributed by atoms with Crippen LogP contribution < -0.4 is 0 Å². The van der Waals surface area contributed by atoms with E-state index in [1.165, 1.54) is 295 Å². The number of hydrogen-bond acceptors (Lipinski definition) is 2. The molecule has 0 spiro atoms. The Morgan fingerprint density at radius 3 is 0.754 bits per heavy atom. The molecule has 2 nitrogen and oxygen atoms in total. The number of rotatable bonds is 51. The molecule has 0 heterocycles. The van der Waals surface area contributed by atoms with Gasteiger partial charge in [0.15, 0.2) is 0 Å².